The molecule has 0 spiro atoms. The lowest BCUT2D eigenvalue weighted by Crippen LogP contribution is -2.31. The average molecular weight is 242 g/mol. The molecule has 90 valence electrons. The molecule has 0 amide bonds. The first-order valence-corrected chi connectivity index (χ1v) is 5.99. The van der Waals surface area contributed by atoms with Crippen molar-refractivity contribution in [3.05, 3.63) is 34.9 Å². The van der Waals surface area contributed by atoms with Crippen molar-refractivity contribution >= 4 is 11.6 Å². The van der Waals surface area contributed by atoms with Crippen LogP contribution in [0.5, 0.6) is 0 Å². The summed E-state index contributed by atoms with van der Waals surface area (Å²) in [6.07, 6.45) is 0.970. The smallest absolute Gasteiger partial charge is 0.0813 e. The predicted molar refractivity (Wildman–Crippen MR) is 68.5 cm³/mol. The molecule has 0 bridgehead atoms. The molecule has 0 aliphatic rings. The molecule has 16 heavy (non-hydrogen) atoms. The quantitative estimate of drug-likeness (QED) is 0.801. The molecule has 1 unspecified atom stereocenters. The van der Waals surface area contributed by atoms with Gasteiger partial charge in [0.25, 0.3) is 0 Å². The van der Waals surface area contributed by atoms with Gasteiger partial charge >= 0.3 is 0 Å². The van der Waals surface area contributed by atoms with Crippen LogP contribution < -0.4 is 5.48 Å². The molecule has 1 aromatic rings. The van der Waals surface area contributed by atoms with Crippen molar-refractivity contribution in [1.82, 2.24) is 5.48 Å². The van der Waals surface area contributed by atoms with E-state index in [1.54, 1.807) is 0 Å². The second-order valence-electron chi connectivity index (χ2n) is 4.84. The molecule has 0 fully saturated rings. The van der Waals surface area contributed by atoms with E-state index in [0.29, 0.717) is 0 Å². The van der Waals surface area contributed by atoms with E-state index in [4.69, 9.17) is 16.4 Å². The van der Waals surface area contributed by atoms with Crippen LogP contribution in [0.1, 0.15) is 45.7 Å². The molecule has 0 heterocycles. The second-order valence-corrected chi connectivity index (χ2v) is 5.28. The molecule has 1 rings (SSSR count). The van der Waals surface area contributed by atoms with Gasteiger partial charge in [-0.2, -0.15) is 5.48 Å². The minimum absolute atomic E-state index is 0.181. The largest absolute Gasteiger partial charge is 0.296 e. The zero-order valence-corrected chi connectivity index (χ0v) is 11.1. The number of hydrogen-bond acceptors (Lipinski definition) is 2. The van der Waals surface area contributed by atoms with E-state index in [1.165, 1.54) is 5.56 Å². The third kappa shape index (κ3) is 4.52. The summed E-state index contributed by atoms with van der Waals surface area (Å²) in [6.45, 7) is 8.19. The lowest BCUT2D eigenvalue weighted by atomic mass is 10.1. The minimum atomic E-state index is -0.181. The van der Waals surface area contributed by atoms with Gasteiger partial charge in [-0.05, 0) is 44.9 Å². The van der Waals surface area contributed by atoms with Crippen LogP contribution in [0.4, 0.5) is 0 Å². The maximum absolute atomic E-state index is 5.86. The van der Waals surface area contributed by atoms with Crippen molar-refractivity contribution in [2.24, 2.45) is 0 Å². The molecule has 0 saturated carbocycles. The van der Waals surface area contributed by atoms with Gasteiger partial charge in [0.05, 0.1) is 11.6 Å². The molecule has 3 heteroatoms. The minimum Gasteiger partial charge on any atom is -0.296 e. The highest BCUT2D eigenvalue weighted by Gasteiger charge is 2.15. The Morgan fingerprint density at radius 1 is 1.25 bits per heavy atom. The maximum atomic E-state index is 5.86. The van der Waals surface area contributed by atoms with Crippen LogP contribution >= 0.6 is 11.6 Å². The van der Waals surface area contributed by atoms with Crippen molar-refractivity contribution in [2.75, 3.05) is 0 Å². The van der Waals surface area contributed by atoms with Crippen LogP contribution in [0.15, 0.2) is 24.3 Å². The number of benzene rings is 1. The van der Waals surface area contributed by atoms with Gasteiger partial charge in [-0.3, -0.25) is 4.84 Å². The Balaban J connectivity index is 2.64. The Morgan fingerprint density at radius 2 is 1.81 bits per heavy atom. The van der Waals surface area contributed by atoms with Crippen molar-refractivity contribution in [3.8, 4) is 0 Å². The molecule has 0 aliphatic heterocycles. The zero-order chi connectivity index (χ0) is 12.2. The van der Waals surface area contributed by atoms with Crippen LogP contribution in [0.3, 0.4) is 0 Å². The van der Waals surface area contributed by atoms with E-state index < -0.39 is 0 Å². The van der Waals surface area contributed by atoms with E-state index in [9.17, 15) is 0 Å². The summed E-state index contributed by atoms with van der Waals surface area (Å²) in [5.41, 5.74) is 4.11. The highest BCUT2D eigenvalue weighted by Crippen LogP contribution is 2.20. The summed E-state index contributed by atoms with van der Waals surface area (Å²) in [4.78, 5) is 5.58. The number of halogens is 1. The Labute approximate surface area is 103 Å². The second kappa shape index (κ2) is 5.67. The van der Waals surface area contributed by atoms with Crippen LogP contribution in [0.2, 0.25) is 5.02 Å². The standard InChI is InChI=1S/C13H20ClNO/c1-5-12(15-16-13(2,3)4)10-6-8-11(14)9-7-10/h6-9,12,15H,5H2,1-4H3. The third-order valence-corrected chi connectivity index (χ3v) is 2.44. The summed E-state index contributed by atoms with van der Waals surface area (Å²) < 4.78 is 0. The fraction of sp³-hybridized carbons (Fsp3) is 0.538. The highest BCUT2D eigenvalue weighted by atomic mass is 35.5. The van der Waals surface area contributed by atoms with Crippen molar-refractivity contribution in [2.45, 2.75) is 45.8 Å². The van der Waals surface area contributed by atoms with Gasteiger partial charge in [-0.15, -0.1) is 0 Å². The molecule has 2 nitrogen and oxygen atoms in total. The monoisotopic (exact) mass is 241 g/mol. The van der Waals surface area contributed by atoms with Gasteiger partial charge in [0.15, 0.2) is 0 Å². The average Bonchev–Trinajstić information content (AvgIpc) is 2.20. The summed E-state index contributed by atoms with van der Waals surface area (Å²) in [5.74, 6) is 0. The number of nitrogens with one attached hydrogen (secondary N) is 1. The lowest BCUT2D eigenvalue weighted by Gasteiger charge is -2.24. The Kier molecular flexibility index (Phi) is 4.78. The Morgan fingerprint density at radius 3 is 2.25 bits per heavy atom. The molecule has 1 atom stereocenters. The summed E-state index contributed by atoms with van der Waals surface area (Å²) in [7, 11) is 0. The Hall–Kier alpha value is -0.570. The molecule has 0 aromatic heterocycles. The lowest BCUT2D eigenvalue weighted by molar-refractivity contribution is -0.0896. The topological polar surface area (TPSA) is 21.3 Å². The van der Waals surface area contributed by atoms with Gasteiger partial charge in [-0.25, -0.2) is 0 Å². The van der Waals surface area contributed by atoms with E-state index in [0.717, 1.165) is 11.4 Å². The van der Waals surface area contributed by atoms with Gasteiger partial charge in [0.1, 0.15) is 0 Å². The molecule has 1 N–H and O–H groups in total. The molecular weight excluding hydrogens is 222 g/mol. The van der Waals surface area contributed by atoms with Crippen molar-refractivity contribution in [1.29, 1.82) is 0 Å². The van der Waals surface area contributed by atoms with Crippen LogP contribution in [0.25, 0.3) is 0 Å². The zero-order valence-electron chi connectivity index (χ0n) is 10.4. The maximum Gasteiger partial charge on any atom is 0.0813 e. The van der Waals surface area contributed by atoms with Crippen LogP contribution in [0, 0.1) is 0 Å². The normalized spacial score (nSPS) is 13.8. The molecule has 0 aliphatic carbocycles. The van der Waals surface area contributed by atoms with E-state index in [-0.39, 0.29) is 11.6 Å². The first-order valence-electron chi connectivity index (χ1n) is 5.61. The molecule has 1 aromatic carbocycles. The molecule has 0 saturated heterocycles. The fourth-order valence-corrected chi connectivity index (χ4v) is 1.46. The summed E-state index contributed by atoms with van der Waals surface area (Å²) in [5, 5.41) is 0.760. The van der Waals surface area contributed by atoms with Crippen molar-refractivity contribution in [3.63, 3.8) is 0 Å². The highest BCUT2D eigenvalue weighted by molar-refractivity contribution is 6.30. The van der Waals surface area contributed by atoms with Gasteiger partial charge in [0.2, 0.25) is 0 Å². The van der Waals surface area contributed by atoms with E-state index >= 15 is 0 Å². The van der Waals surface area contributed by atoms with Gasteiger partial charge in [0, 0.05) is 5.02 Å². The number of hydrogen-bond donors (Lipinski definition) is 1. The van der Waals surface area contributed by atoms with Crippen LogP contribution in [-0.4, -0.2) is 5.60 Å². The Bertz CT molecular complexity index is 316. The first-order chi connectivity index (χ1) is 7.42. The summed E-state index contributed by atoms with van der Waals surface area (Å²) in [6, 6.07) is 8.05. The number of rotatable bonds is 4. The van der Waals surface area contributed by atoms with E-state index in [1.807, 2.05) is 45.0 Å². The SMILES string of the molecule is CCC(NOC(C)(C)C)c1ccc(Cl)cc1. The van der Waals surface area contributed by atoms with Gasteiger partial charge in [-0.1, -0.05) is 30.7 Å². The number of hydroxylamine groups is 1. The fourth-order valence-electron chi connectivity index (χ4n) is 1.33. The van der Waals surface area contributed by atoms with E-state index in [2.05, 4.69) is 12.4 Å². The first kappa shape index (κ1) is 13.5. The summed E-state index contributed by atoms with van der Waals surface area (Å²) >= 11 is 5.86. The molecular formula is C13H20ClNO. The third-order valence-electron chi connectivity index (χ3n) is 2.19. The van der Waals surface area contributed by atoms with Crippen LogP contribution in [-0.2, 0) is 4.84 Å². The van der Waals surface area contributed by atoms with Gasteiger partial charge < -0.3 is 0 Å². The molecule has 0 radical (unpaired) electrons. The van der Waals surface area contributed by atoms with Crippen molar-refractivity contribution < 1.29 is 4.84 Å². The predicted octanol–water partition coefficient (Wildman–Crippen LogP) is 4.11.